The zero-order valence-corrected chi connectivity index (χ0v) is 16.3. The summed E-state index contributed by atoms with van der Waals surface area (Å²) in [7, 11) is 0. The number of benzene rings is 2. The number of imidazole rings is 1. The maximum Gasteiger partial charge on any atom is 0.321 e. The summed E-state index contributed by atoms with van der Waals surface area (Å²) in [4.78, 5) is 21.6. The van der Waals surface area contributed by atoms with Gasteiger partial charge in [-0.25, -0.2) is 9.78 Å². The van der Waals surface area contributed by atoms with Gasteiger partial charge in [0.25, 0.3) is 0 Å². The van der Waals surface area contributed by atoms with Crippen LogP contribution in [0.4, 0.5) is 16.4 Å². The minimum absolute atomic E-state index is 0.104. The molecule has 1 saturated heterocycles. The van der Waals surface area contributed by atoms with Crippen LogP contribution in [-0.2, 0) is 6.54 Å². The third-order valence-electron chi connectivity index (χ3n) is 5.42. The number of carbonyl (C=O) groups is 1. The molecule has 0 atom stereocenters. The van der Waals surface area contributed by atoms with Gasteiger partial charge in [0.05, 0.1) is 11.0 Å². The van der Waals surface area contributed by atoms with E-state index in [-0.39, 0.29) is 12.8 Å². The van der Waals surface area contributed by atoms with E-state index in [0.29, 0.717) is 30.3 Å². The van der Waals surface area contributed by atoms with Gasteiger partial charge in [0, 0.05) is 44.5 Å². The van der Waals surface area contributed by atoms with E-state index >= 15 is 0 Å². The lowest BCUT2D eigenvalue weighted by molar-refractivity contribution is 0.174. The van der Waals surface area contributed by atoms with Crippen LogP contribution in [0.25, 0.3) is 11.0 Å². The van der Waals surface area contributed by atoms with Crippen molar-refractivity contribution >= 4 is 28.7 Å². The Bertz CT molecular complexity index is 1060. The molecular weight excluding hydrogens is 370 g/mol. The zero-order valence-electron chi connectivity index (χ0n) is 16.3. The monoisotopic (exact) mass is 393 g/mol. The van der Waals surface area contributed by atoms with Crippen LogP contribution in [0.1, 0.15) is 6.92 Å². The van der Waals surface area contributed by atoms with Gasteiger partial charge in [0.2, 0.25) is 12.7 Å². The number of aromatic nitrogens is 2. The van der Waals surface area contributed by atoms with Crippen LogP contribution in [-0.4, -0.2) is 53.5 Å². The molecule has 8 heteroatoms. The number of ether oxygens (including phenoxy) is 2. The molecule has 2 aliphatic heterocycles. The molecule has 29 heavy (non-hydrogen) atoms. The molecular formula is C21H23N5O3. The minimum atomic E-state index is -0.104. The Kier molecular flexibility index (Phi) is 4.38. The van der Waals surface area contributed by atoms with E-state index in [4.69, 9.17) is 14.5 Å². The molecule has 1 fully saturated rings. The quantitative estimate of drug-likeness (QED) is 0.740. The molecule has 0 unspecified atom stereocenters. The Hall–Kier alpha value is -3.42. The molecule has 2 aliphatic rings. The minimum Gasteiger partial charge on any atom is -0.454 e. The first-order chi connectivity index (χ1) is 14.2. The smallest absolute Gasteiger partial charge is 0.321 e. The van der Waals surface area contributed by atoms with Crippen LogP contribution in [0.2, 0.25) is 0 Å². The van der Waals surface area contributed by atoms with E-state index in [2.05, 4.69) is 27.8 Å². The highest BCUT2D eigenvalue weighted by Crippen LogP contribution is 2.34. The summed E-state index contributed by atoms with van der Waals surface area (Å²) in [6.07, 6.45) is 0. The van der Waals surface area contributed by atoms with Gasteiger partial charge in [-0.05, 0) is 31.2 Å². The van der Waals surface area contributed by atoms with E-state index < -0.39 is 0 Å². The normalized spacial score (nSPS) is 15.8. The molecule has 0 spiro atoms. The number of urea groups is 1. The van der Waals surface area contributed by atoms with Crippen LogP contribution in [0.5, 0.6) is 11.5 Å². The first-order valence-electron chi connectivity index (χ1n) is 9.88. The van der Waals surface area contributed by atoms with Crippen molar-refractivity contribution in [3.05, 3.63) is 42.5 Å². The zero-order chi connectivity index (χ0) is 19.8. The Labute approximate surface area is 168 Å². The van der Waals surface area contributed by atoms with Crippen molar-refractivity contribution in [2.75, 3.05) is 43.2 Å². The number of amides is 2. The molecule has 0 aliphatic carbocycles. The number of para-hydroxylation sites is 2. The molecule has 3 aromatic rings. The maximum atomic E-state index is 12.7. The van der Waals surface area contributed by atoms with Crippen molar-refractivity contribution < 1.29 is 14.3 Å². The highest BCUT2D eigenvalue weighted by molar-refractivity contribution is 5.90. The number of nitrogens with one attached hydrogen (secondary N) is 1. The number of fused-ring (bicyclic) bond motifs is 2. The third kappa shape index (κ3) is 3.20. The van der Waals surface area contributed by atoms with Crippen molar-refractivity contribution in [1.82, 2.24) is 14.5 Å². The van der Waals surface area contributed by atoms with Gasteiger partial charge in [-0.15, -0.1) is 0 Å². The number of nitrogens with zero attached hydrogens (tertiary/aromatic N) is 4. The van der Waals surface area contributed by atoms with Crippen molar-refractivity contribution in [1.29, 1.82) is 0 Å². The van der Waals surface area contributed by atoms with Crippen molar-refractivity contribution in [2.24, 2.45) is 0 Å². The summed E-state index contributed by atoms with van der Waals surface area (Å²) in [6, 6.07) is 13.5. The largest absolute Gasteiger partial charge is 0.454 e. The predicted molar refractivity (Wildman–Crippen MR) is 111 cm³/mol. The Morgan fingerprint density at radius 3 is 2.69 bits per heavy atom. The predicted octanol–water partition coefficient (Wildman–Crippen LogP) is 3.14. The molecule has 1 aromatic heterocycles. The fourth-order valence-electron chi connectivity index (χ4n) is 3.90. The average molecular weight is 393 g/mol. The van der Waals surface area contributed by atoms with E-state index in [0.717, 1.165) is 36.6 Å². The number of carbonyl (C=O) groups excluding carboxylic acids is 1. The van der Waals surface area contributed by atoms with Crippen molar-refractivity contribution in [3.63, 3.8) is 0 Å². The molecule has 8 nitrogen and oxygen atoms in total. The van der Waals surface area contributed by atoms with E-state index in [1.807, 2.05) is 35.2 Å². The molecule has 1 N–H and O–H groups in total. The van der Waals surface area contributed by atoms with Crippen molar-refractivity contribution in [2.45, 2.75) is 13.5 Å². The number of hydrogen-bond acceptors (Lipinski definition) is 5. The number of piperazine rings is 1. The molecule has 5 rings (SSSR count). The summed E-state index contributed by atoms with van der Waals surface area (Å²) in [6.45, 7) is 5.99. The molecule has 0 bridgehead atoms. The molecule has 0 radical (unpaired) electrons. The summed E-state index contributed by atoms with van der Waals surface area (Å²) in [5.41, 5.74) is 2.86. The molecule has 150 valence electrons. The lowest BCUT2D eigenvalue weighted by Gasteiger charge is -2.35. The van der Waals surface area contributed by atoms with Crippen LogP contribution in [0.3, 0.4) is 0 Å². The van der Waals surface area contributed by atoms with Gasteiger partial charge < -0.3 is 29.2 Å². The Balaban J connectivity index is 1.25. The second-order valence-electron chi connectivity index (χ2n) is 7.12. The highest BCUT2D eigenvalue weighted by atomic mass is 16.7. The van der Waals surface area contributed by atoms with Gasteiger partial charge in [-0.3, -0.25) is 0 Å². The highest BCUT2D eigenvalue weighted by Gasteiger charge is 2.25. The van der Waals surface area contributed by atoms with E-state index in [9.17, 15) is 4.79 Å². The summed E-state index contributed by atoms with van der Waals surface area (Å²) in [5.74, 6) is 2.34. The topological polar surface area (TPSA) is 71.9 Å². The molecule has 3 heterocycles. The van der Waals surface area contributed by atoms with Crippen LogP contribution < -0.4 is 19.7 Å². The maximum absolute atomic E-state index is 12.7. The van der Waals surface area contributed by atoms with Gasteiger partial charge >= 0.3 is 6.03 Å². The van der Waals surface area contributed by atoms with Crippen LogP contribution in [0, 0.1) is 0 Å². The third-order valence-corrected chi connectivity index (χ3v) is 5.42. The van der Waals surface area contributed by atoms with E-state index in [1.54, 1.807) is 6.07 Å². The number of aryl methyl sites for hydroxylation is 1. The summed E-state index contributed by atoms with van der Waals surface area (Å²) < 4.78 is 12.9. The molecule has 2 amide bonds. The number of hydrogen-bond donors (Lipinski definition) is 1. The number of rotatable bonds is 3. The van der Waals surface area contributed by atoms with Gasteiger partial charge in [0.15, 0.2) is 11.5 Å². The van der Waals surface area contributed by atoms with Crippen LogP contribution >= 0.6 is 0 Å². The first-order valence-corrected chi connectivity index (χ1v) is 9.88. The fourth-order valence-corrected chi connectivity index (χ4v) is 3.90. The summed E-state index contributed by atoms with van der Waals surface area (Å²) >= 11 is 0. The van der Waals surface area contributed by atoms with Crippen molar-refractivity contribution in [3.8, 4) is 11.5 Å². The van der Waals surface area contributed by atoms with Gasteiger partial charge in [-0.1, -0.05) is 12.1 Å². The Morgan fingerprint density at radius 1 is 1.07 bits per heavy atom. The number of anilines is 2. The summed E-state index contributed by atoms with van der Waals surface area (Å²) in [5, 5.41) is 2.95. The lowest BCUT2D eigenvalue weighted by Crippen LogP contribution is -2.50. The van der Waals surface area contributed by atoms with Gasteiger partial charge in [0.1, 0.15) is 0 Å². The SMILES string of the molecule is CCn1c(N2CCN(C(=O)Nc3ccc4c(c3)OCO4)CC2)nc2ccccc21. The fraction of sp³-hybridized carbons (Fsp3) is 0.333. The standard InChI is InChI=1S/C21H23N5O3/c1-2-26-17-6-4-3-5-16(17)23-20(26)24-9-11-25(12-10-24)21(27)22-15-7-8-18-19(13-15)29-14-28-18/h3-8,13H,2,9-12,14H2,1H3,(H,22,27). The second kappa shape index (κ2) is 7.20. The Morgan fingerprint density at radius 2 is 1.86 bits per heavy atom. The lowest BCUT2D eigenvalue weighted by atomic mass is 10.3. The van der Waals surface area contributed by atoms with Crippen LogP contribution in [0.15, 0.2) is 42.5 Å². The second-order valence-corrected chi connectivity index (χ2v) is 7.12. The van der Waals surface area contributed by atoms with Gasteiger partial charge in [-0.2, -0.15) is 0 Å². The first kappa shape index (κ1) is 17.7. The molecule has 2 aromatic carbocycles. The van der Waals surface area contributed by atoms with E-state index in [1.165, 1.54) is 0 Å². The average Bonchev–Trinajstić information content (AvgIpc) is 3.37. The molecule has 0 saturated carbocycles.